The first kappa shape index (κ1) is 40.4. The predicted octanol–water partition coefficient (Wildman–Crippen LogP) is 5.47. The number of hydrogen-bond acceptors (Lipinski definition) is 11. The summed E-state index contributed by atoms with van der Waals surface area (Å²) in [6.07, 6.45) is 1.82. The number of methoxy groups -OCH3 is 2. The van der Waals surface area contributed by atoms with Gasteiger partial charge in [-0.25, -0.2) is 33.4 Å². The molecule has 1 aliphatic carbocycles. The molecule has 0 spiro atoms. The van der Waals surface area contributed by atoms with Crippen molar-refractivity contribution in [3.63, 3.8) is 0 Å². The fourth-order valence-corrected chi connectivity index (χ4v) is 11.4. The number of ether oxygens (including phenoxy) is 2. The van der Waals surface area contributed by atoms with Crippen LogP contribution in [0, 0.1) is 18.3 Å². The number of aryl methyl sites for hydroxylation is 4. The fraction of sp³-hybridized carbons (Fsp3) is 0.311. The quantitative estimate of drug-likeness (QED) is 0.152. The van der Waals surface area contributed by atoms with Crippen LogP contribution in [0.2, 0.25) is 5.02 Å². The van der Waals surface area contributed by atoms with Gasteiger partial charge in [0, 0.05) is 66.5 Å². The number of fused-ring (bicyclic) bond motifs is 6. The minimum absolute atomic E-state index is 0.00790. The van der Waals surface area contributed by atoms with Crippen LogP contribution in [0.25, 0.3) is 31.7 Å². The number of hydrogen-bond donors (Lipinski definition) is 1. The van der Waals surface area contributed by atoms with Gasteiger partial charge in [0.25, 0.3) is 5.56 Å². The zero-order valence-corrected chi connectivity index (χ0v) is 36.7. The Bertz CT molecular complexity index is 3350. The molecule has 1 saturated heterocycles. The van der Waals surface area contributed by atoms with Crippen molar-refractivity contribution in [2.24, 2.45) is 25.4 Å². The summed E-state index contributed by atoms with van der Waals surface area (Å²) in [5, 5.41) is 17.8. The summed E-state index contributed by atoms with van der Waals surface area (Å²) in [5.41, 5.74) is 0.705. The molecule has 63 heavy (non-hydrogen) atoms. The van der Waals surface area contributed by atoms with Crippen LogP contribution in [0.5, 0.6) is 17.2 Å². The lowest BCUT2D eigenvalue weighted by Gasteiger charge is -2.47. The molecule has 0 radical (unpaired) electrons. The monoisotopic (exact) mass is 888 g/mol. The highest BCUT2D eigenvalue weighted by Crippen LogP contribution is 2.62. The number of thiophene rings is 1. The molecule has 16 nitrogen and oxygen atoms in total. The van der Waals surface area contributed by atoms with Crippen molar-refractivity contribution in [1.82, 2.24) is 33.3 Å². The molecule has 4 aromatic heterocycles. The molecule has 3 aromatic carbocycles. The molecular weight excluding hydrogens is 848 g/mol. The SMILES string of the molecule is COc1cc2nc(CCn3c(=O)n4n(c3=O)[C@@H]3C[C@H]5C(=O)N(c6cc(-c7sc8ccc(Cl)cc8c7C)nn6C)C(=O)[C@@]5(C)[C@@H](c5ccccc5O)C3=CC4)c(=O)n(C)c2cc1OC. The van der Waals surface area contributed by atoms with E-state index in [2.05, 4.69) is 4.98 Å². The summed E-state index contributed by atoms with van der Waals surface area (Å²) in [6.45, 7) is 3.57. The smallest absolute Gasteiger partial charge is 0.347 e. The van der Waals surface area contributed by atoms with E-state index in [1.54, 1.807) is 57.4 Å². The highest BCUT2D eigenvalue weighted by atomic mass is 35.5. The van der Waals surface area contributed by atoms with Gasteiger partial charge in [0.2, 0.25) is 11.8 Å². The van der Waals surface area contributed by atoms with Crippen LogP contribution >= 0.6 is 22.9 Å². The van der Waals surface area contributed by atoms with Crippen molar-refractivity contribution < 1.29 is 24.2 Å². The largest absolute Gasteiger partial charge is 0.508 e. The van der Waals surface area contributed by atoms with E-state index in [0.29, 0.717) is 44.4 Å². The maximum atomic E-state index is 15.1. The number of anilines is 1. The highest BCUT2D eigenvalue weighted by molar-refractivity contribution is 7.22. The van der Waals surface area contributed by atoms with Gasteiger partial charge in [-0.2, -0.15) is 5.10 Å². The molecule has 10 rings (SSSR count). The zero-order chi connectivity index (χ0) is 44.4. The van der Waals surface area contributed by atoms with E-state index in [0.717, 1.165) is 25.1 Å². The number of halogens is 1. The van der Waals surface area contributed by atoms with Gasteiger partial charge in [0.15, 0.2) is 11.5 Å². The molecule has 2 amide bonds. The number of aromatic hydroxyl groups is 1. The minimum Gasteiger partial charge on any atom is -0.508 e. The molecule has 7 aromatic rings. The van der Waals surface area contributed by atoms with Gasteiger partial charge >= 0.3 is 11.4 Å². The van der Waals surface area contributed by atoms with E-state index >= 15 is 4.79 Å². The zero-order valence-electron chi connectivity index (χ0n) is 35.1. The molecule has 1 N–H and O–H groups in total. The molecule has 0 bridgehead atoms. The number of phenolic OH excluding ortho intramolecular Hbond substituents is 1. The molecule has 1 saturated carbocycles. The second-order valence-electron chi connectivity index (χ2n) is 16.5. The second-order valence-corrected chi connectivity index (χ2v) is 18.0. The third-order valence-electron chi connectivity index (χ3n) is 13.3. The van der Waals surface area contributed by atoms with Gasteiger partial charge in [0.05, 0.1) is 54.0 Å². The van der Waals surface area contributed by atoms with Crippen molar-refractivity contribution in [2.75, 3.05) is 19.1 Å². The average molecular weight is 889 g/mol. The summed E-state index contributed by atoms with van der Waals surface area (Å²) in [4.78, 5) is 79.0. The Morgan fingerprint density at radius 2 is 1.71 bits per heavy atom. The molecule has 4 atom stereocenters. The van der Waals surface area contributed by atoms with E-state index < -0.39 is 52.0 Å². The first-order chi connectivity index (χ1) is 30.2. The van der Waals surface area contributed by atoms with Gasteiger partial charge in [-0.1, -0.05) is 35.9 Å². The third kappa shape index (κ3) is 5.74. The van der Waals surface area contributed by atoms with E-state index in [1.807, 2.05) is 31.2 Å². The van der Waals surface area contributed by atoms with Crippen molar-refractivity contribution in [3.8, 4) is 27.8 Å². The average Bonchev–Trinajstić information content (AvgIpc) is 3.94. The van der Waals surface area contributed by atoms with E-state index in [4.69, 9.17) is 26.2 Å². The number of para-hydroxylation sites is 1. The first-order valence-electron chi connectivity index (χ1n) is 20.3. The molecule has 18 heteroatoms. The topological polar surface area (TPSA) is 178 Å². The van der Waals surface area contributed by atoms with Crippen LogP contribution in [-0.2, 0) is 43.2 Å². The van der Waals surface area contributed by atoms with Crippen LogP contribution in [0.3, 0.4) is 0 Å². The van der Waals surface area contributed by atoms with E-state index in [9.17, 15) is 24.3 Å². The van der Waals surface area contributed by atoms with E-state index in [-0.39, 0.29) is 43.2 Å². The maximum absolute atomic E-state index is 15.1. The number of aromatic nitrogens is 7. The second kappa shape index (κ2) is 14.4. The lowest BCUT2D eigenvalue weighted by atomic mass is 9.56. The summed E-state index contributed by atoms with van der Waals surface area (Å²) in [7, 11) is 6.29. The molecular formula is C45H41ClN8O8S. The van der Waals surface area contributed by atoms with Crippen LogP contribution in [0.15, 0.2) is 86.7 Å². The molecule has 3 aliphatic rings. The Morgan fingerprint density at radius 3 is 2.46 bits per heavy atom. The van der Waals surface area contributed by atoms with Gasteiger partial charge < -0.3 is 19.1 Å². The first-order valence-corrected chi connectivity index (χ1v) is 21.5. The van der Waals surface area contributed by atoms with Crippen LogP contribution < -0.4 is 31.3 Å². The van der Waals surface area contributed by atoms with Crippen LogP contribution in [-0.4, -0.2) is 64.4 Å². The number of nitrogens with zero attached hydrogens (tertiary/aromatic N) is 8. The Labute approximate surface area is 367 Å². The number of amides is 2. The predicted molar refractivity (Wildman–Crippen MR) is 237 cm³/mol. The van der Waals surface area contributed by atoms with Gasteiger partial charge in [-0.05, 0) is 61.1 Å². The fourth-order valence-electron chi connectivity index (χ4n) is 10.1. The Morgan fingerprint density at radius 1 is 0.968 bits per heavy atom. The van der Waals surface area contributed by atoms with Gasteiger partial charge in [-0.3, -0.25) is 19.1 Å². The van der Waals surface area contributed by atoms with Gasteiger partial charge in [-0.15, -0.1) is 11.3 Å². The number of benzene rings is 3. The maximum Gasteiger partial charge on any atom is 0.347 e. The summed E-state index contributed by atoms with van der Waals surface area (Å²) in [5.74, 6) is -1.70. The molecule has 2 fully saturated rings. The number of imide groups is 1. The minimum atomic E-state index is -1.41. The van der Waals surface area contributed by atoms with Crippen molar-refractivity contribution in [3.05, 3.63) is 125 Å². The van der Waals surface area contributed by atoms with Crippen molar-refractivity contribution in [2.45, 2.75) is 51.7 Å². The van der Waals surface area contributed by atoms with Crippen LogP contribution in [0.1, 0.15) is 42.1 Å². The third-order valence-corrected chi connectivity index (χ3v) is 14.8. The van der Waals surface area contributed by atoms with Crippen molar-refractivity contribution in [1.29, 1.82) is 0 Å². The van der Waals surface area contributed by atoms with Gasteiger partial charge in [0.1, 0.15) is 23.0 Å². The number of carbonyl (C=O) groups is 2. The summed E-state index contributed by atoms with van der Waals surface area (Å²) >= 11 is 7.87. The standard InChI is InChI=1S/C45H41ClN8O8S/c1-22-26-17-23(46)11-12-36(26)63-39(22)30-20-37(50(4)48-30)53-40(56)27-18-31-24(38(45(27,2)42(53)58)25-9-7-8-10-33(25)55)13-16-52-43(59)51(44(60)54(31)52)15-14-28-41(57)49(3)32-21-35(62-6)34(61-5)19-29(32)47-28/h7-13,17,19-21,27,31,38,55H,14-16,18H2,1-6H3/t27-,31+,38+,45+/m0/s1. The summed E-state index contributed by atoms with van der Waals surface area (Å²) in [6, 6.07) is 16.6. The number of allylic oxidation sites excluding steroid dienone is 2. The lowest BCUT2D eigenvalue weighted by molar-refractivity contribution is -0.129. The highest BCUT2D eigenvalue weighted by Gasteiger charge is 2.66. The Hall–Kier alpha value is -6.72. The van der Waals surface area contributed by atoms with Crippen LogP contribution in [0.4, 0.5) is 5.82 Å². The van der Waals surface area contributed by atoms with Crippen molar-refractivity contribution >= 4 is 61.7 Å². The Kier molecular flexibility index (Phi) is 9.24. The molecule has 2 aliphatic heterocycles. The van der Waals surface area contributed by atoms with E-state index in [1.165, 1.54) is 55.1 Å². The normalized spacial score (nSPS) is 20.6. The number of carbonyl (C=O) groups excluding carboxylic acids is 2. The number of rotatable bonds is 8. The lowest BCUT2D eigenvalue weighted by Crippen LogP contribution is -2.49. The Balaban J connectivity index is 1.04. The molecule has 322 valence electrons. The summed E-state index contributed by atoms with van der Waals surface area (Å²) < 4.78 is 18.6. The molecule has 0 unspecified atom stereocenters. The number of phenols is 1. The molecule has 6 heterocycles.